The van der Waals surface area contributed by atoms with Gasteiger partial charge in [-0.05, 0) is 30.5 Å². The number of nitrogens with one attached hydrogen (secondary N) is 1. The normalized spacial score (nSPS) is 15.8. The fourth-order valence-electron chi connectivity index (χ4n) is 3.98. The minimum absolute atomic E-state index is 0.0477. The van der Waals surface area contributed by atoms with E-state index in [0.717, 1.165) is 31.1 Å². The van der Waals surface area contributed by atoms with Crippen LogP contribution in [0.5, 0.6) is 0 Å². The number of hydrogen-bond acceptors (Lipinski definition) is 3. The molecule has 0 radical (unpaired) electrons. The van der Waals surface area contributed by atoms with E-state index >= 15 is 0 Å². The molecule has 0 saturated heterocycles. The summed E-state index contributed by atoms with van der Waals surface area (Å²) in [6, 6.07) is 19.2. The van der Waals surface area contributed by atoms with Crippen molar-refractivity contribution in [3.63, 3.8) is 0 Å². The fraction of sp³-hybridized carbons (Fsp3) is 0.273. The molecule has 1 amide bonds. The minimum Gasteiger partial charge on any atom is -0.422 e. The van der Waals surface area contributed by atoms with E-state index in [9.17, 15) is 9.59 Å². The van der Waals surface area contributed by atoms with Gasteiger partial charge in [-0.15, -0.1) is 0 Å². The first-order chi connectivity index (χ1) is 12.7. The van der Waals surface area contributed by atoms with Crippen molar-refractivity contribution < 1.29 is 9.21 Å². The third kappa shape index (κ3) is 3.03. The predicted octanol–water partition coefficient (Wildman–Crippen LogP) is 4.03. The molecular weight excluding hydrogens is 326 g/mol. The van der Waals surface area contributed by atoms with Crippen molar-refractivity contribution in [1.82, 2.24) is 5.32 Å². The summed E-state index contributed by atoms with van der Waals surface area (Å²) in [5.74, 6) is -0.369. The fourth-order valence-corrected chi connectivity index (χ4v) is 3.98. The Morgan fingerprint density at radius 2 is 1.69 bits per heavy atom. The SMILES string of the molecule is O=C(NCC1(c2ccccc2)CCCC1)c1cc2ccccc2oc1=O. The summed E-state index contributed by atoms with van der Waals surface area (Å²) in [5, 5.41) is 3.73. The van der Waals surface area contributed by atoms with Crippen molar-refractivity contribution in [3.8, 4) is 0 Å². The molecule has 1 saturated carbocycles. The first kappa shape index (κ1) is 16.6. The van der Waals surface area contributed by atoms with Gasteiger partial charge in [0, 0.05) is 17.3 Å². The van der Waals surface area contributed by atoms with Crippen molar-refractivity contribution in [2.45, 2.75) is 31.1 Å². The molecule has 0 unspecified atom stereocenters. The van der Waals surface area contributed by atoms with Gasteiger partial charge in [-0.25, -0.2) is 4.79 Å². The standard InChI is InChI=1S/C22H21NO3/c24-20(18-14-16-8-4-5-11-19(16)26-21(18)25)23-15-22(12-6-7-13-22)17-9-2-1-3-10-17/h1-5,8-11,14H,6-7,12-13,15H2,(H,23,24). The van der Waals surface area contributed by atoms with Crippen LogP contribution in [0.3, 0.4) is 0 Å². The van der Waals surface area contributed by atoms with Crippen LogP contribution >= 0.6 is 0 Å². The number of benzene rings is 2. The molecule has 132 valence electrons. The number of para-hydroxylation sites is 1. The number of amides is 1. The van der Waals surface area contributed by atoms with Crippen LogP contribution in [0.1, 0.15) is 41.6 Å². The second-order valence-electron chi connectivity index (χ2n) is 7.02. The molecule has 0 atom stereocenters. The Bertz CT molecular complexity index is 985. The topological polar surface area (TPSA) is 59.3 Å². The summed E-state index contributed by atoms with van der Waals surface area (Å²) in [5.41, 5.74) is 1.16. The zero-order chi connectivity index (χ0) is 18.0. The quantitative estimate of drug-likeness (QED) is 0.725. The lowest BCUT2D eigenvalue weighted by Gasteiger charge is -2.30. The van der Waals surface area contributed by atoms with Gasteiger partial charge < -0.3 is 9.73 Å². The molecule has 1 N–H and O–H groups in total. The third-order valence-electron chi connectivity index (χ3n) is 5.42. The van der Waals surface area contributed by atoms with Crippen molar-refractivity contribution in [3.05, 3.63) is 82.2 Å². The Morgan fingerprint density at radius 3 is 2.46 bits per heavy atom. The summed E-state index contributed by atoms with van der Waals surface area (Å²) in [6.45, 7) is 0.530. The predicted molar refractivity (Wildman–Crippen MR) is 101 cm³/mol. The molecule has 1 aliphatic rings. The highest BCUT2D eigenvalue weighted by Crippen LogP contribution is 2.40. The molecule has 26 heavy (non-hydrogen) atoms. The van der Waals surface area contributed by atoms with Gasteiger partial charge in [0.15, 0.2) is 0 Å². The van der Waals surface area contributed by atoms with Crippen LogP contribution in [0.15, 0.2) is 69.9 Å². The highest BCUT2D eigenvalue weighted by molar-refractivity contribution is 5.96. The summed E-state index contributed by atoms with van der Waals surface area (Å²) in [6.07, 6.45) is 4.40. The maximum atomic E-state index is 12.7. The van der Waals surface area contributed by atoms with Gasteiger partial charge in [0.25, 0.3) is 5.91 Å². The van der Waals surface area contributed by atoms with E-state index in [1.165, 1.54) is 5.56 Å². The number of carbonyl (C=O) groups is 1. The molecular formula is C22H21NO3. The molecule has 0 spiro atoms. The van der Waals surface area contributed by atoms with E-state index < -0.39 is 5.63 Å². The van der Waals surface area contributed by atoms with Crippen LogP contribution in [-0.4, -0.2) is 12.5 Å². The average Bonchev–Trinajstić information content (AvgIpc) is 3.16. The lowest BCUT2D eigenvalue weighted by molar-refractivity contribution is 0.0939. The van der Waals surface area contributed by atoms with E-state index in [2.05, 4.69) is 17.4 Å². The van der Waals surface area contributed by atoms with Gasteiger partial charge >= 0.3 is 5.63 Å². The first-order valence-corrected chi connectivity index (χ1v) is 9.05. The zero-order valence-corrected chi connectivity index (χ0v) is 14.5. The molecule has 4 rings (SSSR count). The number of carbonyl (C=O) groups excluding carboxylic acids is 1. The van der Waals surface area contributed by atoms with Crippen molar-refractivity contribution >= 4 is 16.9 Å². The Kier molecular flexibility index (Phi) is 4.33. The van der Waals surface area contributed by atoms with E-state index in [0.29, 0.717) is 12.1 Å². The largest absolute Gasteiger partial charge is 0.422 e. The van der Waals surface area contributed by atoms with Crippen LogP contribution in [0.25, 0.3) is 11.0 Å². The van der Waals surface area contributed by atoms with Gasteiger partial charge in [-0.3, -0.25) is 4.79 Å². The lowest BCUT2D eigenvalue weighted by Crippen LogP contribution is -2.40. The van der Waals surface area contributed by atoms with Crippen LogP contribution in [0, 0.1) is 0 Å². The van der Waals surface area contributed by atoms with Crippen molar-refractivity contribution in [2.75, 3.05) is 6.54 Å². The van der Waals surface area contributed by atoms with E-state index in [1.807, 2.05) is 30.3 Å². The molecule has 1 heterocycles. The second-order valence-corrected chi connectivity index (χ2v) is 7.02. The smallest absolute Gasteiger partial charge is 0.349 e. The first-order valence-electron chi connectivity index (χ1n) is 9.05. The van der Waals surface area contributed by atoms with Crippen LogP contribution < -0.4 is 10.9 Å². The number of rotatable bonds is 4. The third-order valence-corrected chi connectivity index (χ3v) is 5.42. The molecule has 1 aliphatic carbocycles. The highest BCUT2D eigenvalue weighted by Gasteiger charge is 2.36. The van der Waals surface area contributed by atoms with Crippen molar-refractivity contribution in [2.24, 2.45) is 0 Å². The average molecular weight is 347 g/mol. The van der Waals surface area contributed by atoms with Gasteiger partial charge in [0.1, 0.15) is 11.1 Å². The molecule has 0 aliphatic heterocycles. The molecule has 3 aromatic rings. The lowest BCUT2D eigenvalue weighted by atomic mass is 9.79. The molecule has 1 aromatic heterocycles. The molecule has 0 bridgehead atoms. The molecule has 2 aromatic carbocycles. The highest BCUT2D eigenvalue weighted by atomic mass is 16.4. The second kappa shape index (κ2) is 6.79. The van der Waals surface area contributed by atoms with Crippen LogP contribution in [-0.2, 0) is 5.41 Å². The van der Waals surface area contributed by atoms with Crippen LogP contribution in [0.2, 0.25) is 0 Å². The summed E-state index contributed by atoms with van der Waals surface area (Å²) in [4.78, 5) is 24.9. The van der Waals surface area contributed by atoms with Gasteiger partial charge in [-0.1, -0.05) is 61.4 Å². The van der Waals surface area contributed by atoms with Crippen LogP contribution in [0.4, 0.5) is 0 Å². The monoisotopic (exact) mass is 347 g/mol. The van der Waals surface area contributed by atoms with E-state index in [-0.39, 0.29) is 16.9 Å². The Labute approximate surface area is 151 Å². The summed E-state index contributed by atoms with van der Waals surface area (Å²) >= 11 is 0. The Morgan fingerprint density at radius 1 is 1.00 bits per heavy atom. The summed E-state index contributed by atoms with van der Waals surface area (Å²) in [7, 11) is 0. The minimum atomic E-state index is -0.596. The zero-order valence-electron chi connectivity index (χ0n) is 14.5. The molecule has 4 heteroatoms. The van der Waals surface area contributed by atoms with E-state index in [1.54, 1.807) is 18.2 Å². The Hall–Kier alpha value is -2.88. The molecule has 4 nitrogen and oxygen atoms in total. The number of fused-ring (bicyclic) bond motifs is 1. The summed E-state index contributed by atoms with van der Waals surface area (Å²) < 4.78 is 5.28. The number of hydrogen-bond donors (Lipinski definition) is 1. The Balaban J connectivity index is 1.58. The maximum absolute atomic E-state index is 12.7. The van der Waals surface area contributed by atoms with Gasteiger partial charge in [0.2, 0.25) is 0 Å². The van der Waals surface area contributed by atoms with Gasteiger partial charge in [0.05, 0.1) is 0 Å². The molecule has 1 fully saturated rings. The van der Waals surface area contributed by atoms with Crippen molar-refractivity contribution in [1.29, 1.82) is 0 Å². The maximum Gasteiger partial charge on any atom is 0.349 e. The van der Waals surface area contributed by atoms with E-state index in [4.69, 9.17) is 4.42 Å². The van der Waals surface area contributed by atoms with Gasteiger partial charge in [-0.2, -0.15) is 0 Å².